The molecule has 18 heavy (non-hydrogen) atoms. The van der Waals surface area contributed by atoms with Crippen molar-refractivity contribution in [2.75, 3.05) is 20.1 Å². The molecule has 4 aliphatic carbocycles. The molecule has 4 saturated carbocycles. The third kappa shape index (κ3) is 1.76. The van der Waals surface area contributed by atoms with Gasteiger partial charge in [-0.1, -0.05) is 0 Å². The molecule has 0 radical (unpaired) electrons. The lowest BCUT2D eigenvalue weighted by Gasteiger charge is -2.61. The van der Waals surface area contributed by atoms with Crippen molar-refractivity contribution in [1.82, 2.24) is 10.2 Å². The predicted octanol–water partition coefficient (Wildman–Crippen LogP) is 2.64. The highest BCUT2D eigenvalue weighted by atomic mass is 15.2. The zero-order valence-corrected chi connectivity index (χ0v) is 11.8. The van der Waals surface area contributed by atoms with Gasteiger partial charge in [0.05, 0.1) is 0 Å². The molecule has 102 valence electrons. The Kier molecular flexibility index (Phi) is 2.74. The van der Waals surface area contributed by atoms with E-state index in [0.29, 0.717) is 5.54 Å². The zero-order valence-electron chi connectivity index (χ0n) is 11.8. The first kappa shape index (κ1) is 11.7. The van der Waals surface area contributed by atoms with Gasteiger partial charge in [-0.2, -0.15) is 0 Å². The summed E-state index contributed by atoms with van der Waals surface area (Å²) in [6, 6.07) is 0.756. The van der Waals surface area contributed by atoms with Gasteiger partial charge in [-0.05, 0) is 82.7 Å². The SMILES string of the molecule is CNC1CCCN(C23CC4CC(CC(C4)C2)C3)C1. The van der Waals surface area contributed by atoms with E-state index in [9.17, 15) is 0 Å². The summed E-state index contributed by atoms with van der Waals surface area (Å²) in [6.07, 6.45) is 12.1. The quantitative estimate of drug-likeness (QED) is 0.808. The summed E-state index contributed by atoms with van der Waals surface area (Å²) < 4.78 is 0. The van der Waals surface area contributed by atoms with Gasteiger partial charge in [0.1, 0.15) is 0 Å². The largest absolute Gasteiger partial charge is 0.316 e. The molecule has 0 spiro atoms. The number of likely N-dealkylation sites (tertiary alicyclic amines) is 1. The van der Waals surface area contributed by atoms with Crippen LogP contribution in [0.15, 0.2) is 0 Å². The van der Waals surface area contributed by atoms with E-state index >= 15 is 0 Å². The van der Waals surface area contributed by atoms with Gasteiger partial charge in [-0.15, -0.1) is 0 Å². The first-order valence-electron chi connectivity index (χ1n) is 8.20. The fourth-order valence-electron chi connectivity index (χ4n) is 6.10. The molecule has 1 saturated heterocycles. The average Bonchev–Trinajstić information content (AvgIpc) is 2.37. The number of nitrogens with one attached hydrogen (secondary N) is 1. The molecule has 0 amide bonds. The van der Waals surface area contributed by atoms with Gasteiger partial charge in [0.15, 0.2) is 0 Å². The van der Waals surface area contributed by atoms with Crippen molar-refractivity contribution in [2.45, 2.75) is 62.9 Å². The van der Waals surface area contributed by atoms with E-state index in [1.807, 2.05) is 0 Å². The van der Waals surface area contributed by atoms with Crippen LogP contribution >= 0.6 is 0 Å². The maximum atomic E-state index is 3.52. The van der Waals surface area contributed by atoms with Crippen molar-refractivity contribution >= 4 is 0 Å². The zero-order chi connectivity index (χ0) is 12.2. The van der Waals surface area contributed by atoms with Crippen molar-refractivity contribution in [3.63, 3.8) is 0 Å². The van der Waals surface area contributed by atoms with Crippen LogP contribution in [0.25, 0.3) is 0 Å². The van der Waals surface area contributed by atoms with E-state index in [4.69, 9.17) is 0 Å². The number of nitrogens with zero attached hydrogens (tertiary/aromatic N) is 1. The van der Waals surface area contributed by atoms with E-state index in [1.54, 1.807) is 19.3 Å². The second-order valence-corrected chi connectivity index (χ2v) is 7.72. The maximum Gasteiger partial charge on any atom is 0.0218 e. The Hall–Kier alpha value is -0.0800. The van der Waals surface area contributed by atoms with E-state index in [1.165, 1.54) is 45.2 Å². The van der Waals surface area contributed by atoms with Crippen LogP contribution in [0.1, 0.15) is 51.4 Å². The van der Waals surface area contributed by atoms with Gasteiger partial charge in [0.25, 0.3) is 0 Å². The number of rotatable bonds is 2. The van der Waals surface area contributed by atoms with Crippen molar-refractivity contribution in [2.24, 2.45) is 17.8 Å². The third-order valence-electron chi connectivity index (χ3n) is 6.51. The molecular formula is C16H28N2. The van der Waals surface area contributed by atoms with Crippen LogP contribution in [-0.2, 0) is 0 Å². The second kappa shape index (κ2) is 4.21. The normalized spacial score (nSPS) is 51.8. The molecular weight excluding hydrogens is 220 g/mol. The number of likely N-dealkylation sites (N-methyl/N-ethyl adjacent to an activating group) is 1. The van der Waals surface area contributed by atoms with Crippen LogP contribution < -0.4 is 5.32 Å². The number of hydrogen-bond acceptors (Lipinski definition) is 2. The van der Waals surface area contributed by atoms with Crippen molar-refractivity contribution in [3.05, 3.63) is 0 Å². The smallest absolute Gasteiger partial charge is 0.0218 e. The molecule has 0 aromatic rings. The minimum Gasteiger partial charge on any atom is -0.316 e. The summed E-state index contributed by atoms with van der Waals surface area (Å²) in [4.78, 5) is 2.92. The summed E-state index contributed by atoms with van der Waals surface area (Å²) in [5.41, 5.74) is 0.643. The van der Waals surface area contributed by atoms with Crippen molar-refractivity contribution < 1.29 is 0 Å². The fourth-order valence-corrected chi connectivity index (χ4v) is 6.10. The first-order chi connectivity index (χ1) is 8.77. The number of hydrogen-bond donors (Lipinski definition) is 1. The first-order valence-corrected chi connectivity index (χ1v) is 8.20. The molecule has 1 atom stereocenters. The standard InChI is InChI=1S/C16H28N2/c1-17-15-3-2-4-18(11-15)16-8-12-5-13(9-16)7-14(6-12)10-16/h12-15,17H,2-11H2,1H3. The second-order valence-electron chi connectivity index (χ2n) is 7.72. The van der Waals surface area contributed by atoms with E-state index in [2.05, 4.69) is 17.3 Å². The van der Waals surface area contributed by atoms with E-state index in [-0.39, 0.29) is 0 Å². The third-order valence-corrected chi connectivity index (χ3v) is 6.51. The van der Waals surface area contributed by atoms with Crippen LogP contribution in [-0.4, -0.2) is 36.6 Å². The predicted molar refractivity (Wildman–Crippen MR) is 74.6 cm³/mol. The molecule has 1 heterocycles. The highest BCUT2D eigenvalue weighted by molar-refractivity contribution is 5.08. The Morgan fingerprint density at radius 2 is 1.61 bits per heavy atom. The Labute approximate surface area is 111 Å². The Morgan fingerprint density at radius 3 is 2.17 bits per heavy atom. The minimum absolute atomic E-state index is 0.643. The highest BCUT2D eigenvalue weighted by Gasteiger charge is 2.53. The van der Waals surface area contributed by atoms with E-state index in [0.717, 1.165) is 23.8 Å². The lowest BCUT2D eigenvalue weighted by Crippen LogP contribution is -2.63. The van der Waals surface area contributed by atoms with Gasteiger partial charge in [0, 0.05) is 18.1 Å². The molecule has 5 fully saturated rings. The molecule has 5 rings (SSSR count). The van der Waals surface area contributed by atoms with E-state index < -0.39 is 0 Å². The molecule has 1 aliphatic heterocycles. The van der Waals surface area contributed by atoms with Gasteiger partial charge in [0.2, 0.25) is 0 Å². The monoisotopic (exact) mass is 248 g/mol. The Balaban J connectivity index is 1.56. The molecule has 0 aromatic carbocycles. The molecule has 2 heteroatoms. The molecule has 0 aromatic heterocycles. The summed E-state index contributed by atoms with van der Waals surface area (Å²) in [5, 5.41) is 3.52. The van der Waals surface area contributed by atoms with Crippen molar-refractivity contribution in [1.29, 1.82) is 0 Å². The molecule has 1 N–H and O–H groups in total. The van der Waals surface area contributed by atoms with Crippen LogP contribution in [0.4, 0.5) is 0 Å². The Morgan fingerprint density at radius 1 is 1.00 bits per heavy atom. The lowest BCUT2D eigenvalue weighted by atomic mass is 9.52. The topological polar surface area (TPSA) is 15.3 Å². The fraction of sp³-hybridized carbons (Fsp3) is 1.00. The molecule has 5 aliphatic rings. The van der Waals surface area contributed by atoms with Gasteiger partial charge >= 0.3 is 0 Å². The van der Waals surface area contributed by atoms with Gasteiger partial charge < -0.3 is 5.32 Å². The molecule has 2 nitrogen and oxygen atoms in total. The van der Waals surface area contributed by atoms with Crippen LogP contribution in [0.2, 0.25) is 0 Å². The van der Waals surface area contributed by atoms with Crippen LogP contribution in [0.5, 0.6) is 0 Å². The Bertz CT molecular complexity index is 290. The maximum absolute atomic E-state index is 3.52. The van der Waals surface area contributed by atoms with Crippen molar-refractivity contribution in [3.8, 4) is 0 Å². The van der Waals surface area contributed by atoms with Gasteiger partial charge in [-0.25, -0.2) is 0 Å². The summed E-state index contributed by atoms with van der Waals surface area (Å²) >= 11 is 0. The van der Waals surface area contributed by atoms with Crippen LogP contribution in [0, 0.1) is 17.8 Å². The molecule has 4 bridgehead atoms. The highest BCUT2D eigenvalue weighted by Crippen LogP contribution is 2.58. The summed E-state index contributed by atoms with van der Waals surface area (Å²) in [5.74, 6) is 3.27. The summed E-state index contributed by atoms with van der Waals surface area (Å²) in [6.45, 7) is 2.70. The summed E-state index contributed by atoms with van der Waals surface area (Å²) in [7, 11) is 2.15. The average molecular weight is 248 g/mol. The minimum atomic E-state index is 0.643. The van der Waals surface area contributed by atoms with Gasteiger partial charge in [-0.3, -0.25) is 4.90 Å². The molecule has 1 unspecified atom stereocenters. The van der Waals surface area contributed by atoms with Crippen LogP contribution in [0.3, 0.4) is 0 Å². The number of piperidine rings is 1. The lowest BCUT2D eigenvalue weighted by molar-refractivity contribution is -0.0974.